The Labute approximate surface area is 167 Å². The lowest BCUT2D eigenvalue weighted by molar-refractivity contribution is -0.137. The van der Waals surface area contributed by atoms with Gasteiger partial charge >= 0.3 is 12.1 Å². The van der Waals surface area contributed by atoms with Crippen LogP contribution >= 0.6 is 11.1 Å². The Balaban J connectivity index is 2.08. The summed E-state index contributed by atoms with van der Waals surface area (Å²) in [6.45, 7) is 3.22. The predicted octanol–water partition coefficient (Wildman–Crippen LogP) is 3.88. The highest BCUT2D eigenvalue weighted by Crippen LogP contribution is 2.52. The van der Waals surface area contributed by atoms with Crippen molar-refractivity contribution in [2.75, 3.05) is 5.01 Å². The van der Waals surface area contributed by atoms with Gasteiger partial charge in [-0.15, -0.1) is 11.1 Å². The quantitative estimate of drug-likeness (QED) is 0.652. The van der Waals surface area contributed by atoms with Crippen LogP contribution in [0.1, 0.15) is 35.3 Å². The predicted molar refractivity (Wildman–Crippen MR) is 102 cm³/mol. The first kappa shape index (κ1) is 20.7. The molecule has 0 aliphatic carbocycles. The van der Waals surface area contributed by atoms with Gasteiger partial charge in [0.1, 0.15) is 0 Å². The Kier molecular flexibility index (Phi) is 5.06. The van der Waals surface area contributed by atoms with E-state index >= 15 is 0 Å². The maximum Gasteiger partial charge on any atom is 0.417 e. The summed E-state index contributed by atoms with van der Waals surface area (Å²) in [5.41, 5.74) is -1.76. The molecule has 3 rings (SSSR count). The number of anilines is 1. The lowest BCUT2D eigenvalue weighted by Crippen LogP contribution is -2.38. The highest BCUT2D eigenvalue weighted by atomic mass is 32.2. The number of alkyl halides is 3. The third-order valence-corrected chi connectivity index (χ3v) is 7.13. The van der Waals surface area contributed by atoms with E-state index in [1.165, 1.54) is 18.2 Å². The molecule has 1 heterocycles. The van der Waals surface area contributed by atoms with E-state index in [9.17, 15) is 27.9 Å². The summed E-state index contributed by atoms with van der Waals surface area (Å²) in [4.78, 5) is 27.9. The van der Waals surface area contributed by atoms with E-state index in [0.717, 1.165) is 17.1 Å². The smallest absolute Gasteiger partial charge is 0.417 e. The molecule has 10 heteroatoms. The van der Waals surface area contributed by atoms with Gasteiger partial charge in [-0.25, -0.2) is 9.80 Å². The number of carbonyl (C=O) groups is 2. The number of nitriles is 1. The number of aromatic carboxylic acids is 1. The van der Waals surface area contributed by atoms with E-state index < -0.39 is 45.0 Å². The maximum absolute atomic E-state index is 13.3. The SMILES string of the molecule is CC1(C)C(=O)N(c2ccc(C#N)c(C(F)(F)F)c2)N[SH]1c1ccccc1C(=O)O. The molecule has 152 valence electrons. The second-order valence-corrected chi connectivity index (χ2v) is 9.27. The molecular formula is C19H16F3N3O3S. The minimum Gasteiger partial charge on any atom is -0.478 e. The van der Waals surface area contributed by atoms with Gasteiger partial charge in [0.15, 0.2) is 0 Å². The van der Waals surface area contributed by atoms with Crippen LogP contribution in [0.5, 0.6) is 0 Å². The lowest BCUT2D eigenvalue weighted by Gasteiger charge is -2.28. The molecule has 1 fully saturated rings. The van der Waals surface area contributed by atoms with Crippen LogP contribution in [0.25, 0.3) is 0 Å². The summed E-state index contributed by atoms with van der Waals surface area (Å²) in [6, 6.07) is 10.7. The van der Waals surface area contributed by atoms with Gasteiger partial charge in [-0.05, 0) is 44.2 Å². The van der Waals surface area contributed by atoms with Gasteiger partial charge in [0, 0.05) is 4.90 Å². The molecule has 1 atom stereocenters. The molecule has 29 heavy (non-hydrogen) atoms. The average Bonchev–Trinajstić information content (AvgIpc) is 2.90. The third-order valence-electron chi connectivity index (χ3n) is 4.55. The molecule has 0 radical (unpaired) electrons. The van der Waals surface area contributed by atoms with Crippen LogP contribution in [-0.2, 0) is 11.0 Å². The maximum atomic E-state index is 13.3. The molecule has 2 aromatic rings. The van der Waals surface area contributed by atoms with Gasteiger partial charge < -0.3 is 5.11 Å². The van der Waals surface area contributed by atoms with Crippen LogP contribution in [0.3, 0.4) is 0 Å². The molecule has 1 amide bonds. The number of hydrogen-bond acceptors (Lipinski definition) is 4. The Bertz CT molecular complexity index is 1050. The number of halogens is 3. The van der Waals surface area contributed by atoms with Crippen molar-refractivity contribution in [2.45, 2.75) is 29.7 Å². The molecule has 0 aromatic heterocycles. The molecule has 0 spiro atoms. The monoisotopic (exact) mass is 423 g/mol. The first-order valence-corrected chi connectivity index (χ1v) is 9.67. The minimum absolute atomic E-state index is 0.0182. The van der Waals surface area contributed by atoms with E-state index in [2.05, 4.69) is 4.83 Å². The fourth-order valence-corrected chi connectivity index (χ4v) is 5.33. The van der Waals surface area contributed by atoms with Crippen molar-refractivity contribution in [3.05, 3.63) is 59.2 Å². The van der Waals surface area contributed by atoms with Gasteiger partial charge in [-0.2, -0.15) is 23.3 Å². The zero-order valence-corrected chi connectivity index (χ0v) is 16.2. The van der Waals surface area contributed by atoms with Crippen molar-refractivity contribution < 1.29 is 27.9 Å². The highest BCUT2D eigenvalue weighted by molar-refractivity contribution is 8.17. The topological polar surface area (TPSA) is 93.4 Å². The summed E-state index contributed by atoms with van der Waals surface area (Å²) in [7, 11) is 0. The zero-order chi connectivity index (χ0) is 21.6. The molecule has 1 saturated heterocycles. The first-order valence-electron chi connectivity index (χ1n) is 8.33. The fraction of sp³-hybridized carbons (Fsp3) is 0.211. The Hall–Kier alpha value is -3.03. The number of nitrogens with zero attached hydrogens (tertiary/aromatic N) is 2. The largest absolute Gasteiger partial charge is 0.478 e. The van der Waals surface area contributed by atoms with Crippen molar-refractivity contribution in [1.82, 2.24) is 4.83 Å². The van der Waals surface area contributed by atoms with Gasteiger partial charge in [-0.1, -0.05) is 12.1 Å². The van der Waals surface area contributed by atoms with Gasteiger partial charge in [-0.3, -0.25) is 4.79 Å². The van der Waals surface area contributed by atoms with Crippen molar-refractivity contribution in [2.24, 2.45) is 0 Å². The number of nitrogens with one attached hydrogen (secondary N) is 1. The highest BCUT2D eigenvalue weighted by Gasteiger charge is 2.47. The number of thiol groups is 1. The number of rotatable bonds is 3. The van der Waals surface area contributed by atoms with Gasteiger partial charge in [0.05, 0.1) is 33.2 Å². The first-order chi connectivity index (χ1) is 13.5. The number of amides is 1. The average molecular weight is 423 g/mol. The van der Waals surface area contributed by atoms with Crippen LogP contribution in [0.4, 0.5) is 18.9 Å². The van der Waals surface area contributed by atoms with Crippen molar-refractivity contribution in [1.29, 1.82) is 5.26 Å². The Morgan fingerprint density at radius 2 is 1.90 bits per heavy atom. The molecular weight excluding hydrogens is 407 g/mol. The number of hydrazine groups is 1. The summed E-state index contributed by atoms with van der Waals surface area (Å²) < 4.78 is 38.8. The fourth-order valence-electron chi connectivity index (χ4n) is 3.02. The number of hydrogen-bond donors (Lipinski definition) is 3. The number of carbonyl (C=O) groups excluding carboxylic acids is 1. The van der Waals surface area contributed by atoms with E-state index in [4.69, 9.17) is 5.26 Å². The minimum atomic E-state index is -4.76. The Morgan fingerprint density at radius 3 is 2.48 bits per heavy atom. The zero-order valence-electron chi connectivity index (χ0n) is 15.3. The second kappa shape index (κ2) is 7.09. The lowest BCUT2D eigenvalue weighted by atomic mass is 10.1. The summed E-state index contributed by atoms with van der Waals surface area (Å²) in [6.07, 6.45) is -4.76. The molecule has 1 unspecified atom stereocenters. The van der Waals surface area contributed by atoms with Gasteiger partial charge in [0.2, 0.25) is 0 Å². The number of carboxylic acid groups (broad SMARTS) is 1. The van der Waals surface area contributed by atoms with Crippen LogP contribution < -0.4 is 9.84 Å². The number of benzene rings is 2. The van der Waals surface area contributed by atoms with E-state index in [1.807, 2.05) is 0 Å². The normalized spacial score (nSPS) is 19.8. The molecule has 0 bridgehead atoms. The summed E-state index contributed by atoms with van der Waals surface area (Å²) in [5.74, 6) is -1.66. The van der Waals surface area contributed by atoms with E-state index in [-0.39, 0.29) is 11.3 Å². The van der Waals surface area contributed by atoms with Crippen LogP contribution in [-0.4, -0.2) is 21.7 Å². The van der Waals surface area contributed by atoms with Crippen LogP contribution in [0, 0.1) is 11.3 Å². The summed E-state index contributed by atoms with van der Waals surface area (Å²) >= 11 is -1.59. The molecule has 1 aliphatic heterocycles. The van der Waals surface area contributed by atoms with Crippen molar-refractivity contribution >= 4 is 28.6 Å². The van der Waals surface area contributed by atoms with Crippen molar-refractivity contribution in [3.8, 4) is 6.07 Å². The second-order valence-electron chi connectivity index (χ2n) is 6.80. The molecule has 0 saturated carbocycles. The van der Waals surface area contributed by atoms with E-state index in [1.54, 1.807) is 32.0 Å². The number of carboxylic acids is 1. The summed E-state index contributed by atoms with van der Waals surface area (Å²) in [5, 5.41) is 19.4. The molecule has 2 N–H and O–H groups in total. The van der Waals surface area contributed by atoms with Gasteiger partial charge in [0.25, 0.3) is 5.91 Å². The molecule has 6 nitrogen and oxygen atoms in total. The Morgan fingerprint density at radius 1 is 1.24 bits per heavy atom. The van der Waals surface area contributed by atoms with E-state index in [0.29, 0.717) is 4.90 Å². The van der Waals surface area contributed by atoms with Crippen LogP contribution in [0.2, 0.25) is 0 Å². The third kappa shape index (κ3) is 3.54. The standard InChI is InChI=1S/C19H16F3N3O3S/c1-18(2)17(28)25(12-8-7-11(10-23)14(9-12)19(20,21)22)24-29(18)15-6-4-3-5-13(15)16(26)27/h3-9,24,29H,1-2H3,(H,26,27). The van der Waals surface area contributed by atoms with Crippen LogP contribution in [0.15, 0.2) is 47.4 Å². The molecule has 2 aromatic carbocycles. The van der Waals surface area contributed by atoms with Crippen molar-refractivity contribution in [3.63, 3.8) is 0 Å². The molecule has 1 aliphatic rings.